The second-order valence-corrected chi connectivity index (χ2v) is 6.88. The van der Waals surface area contributed by atoms with Crippen molar-refractivity contribution in [2.45, 2.75) is 58.3 Å². The van der Waals surface area contributed by atoms with Crippen molar-refractivity contribution in [1.82, 2.24) is 9.97 Å². The highest BCUT2D eigenvalue weighted by Crippen LogP contribution is 2.34. The minimum absolute atomic E-state index is 0.0326. The van der Waals surface area contributed by atoms with Crippen LogP contribution in [0.3, 0.4) is 0 Å². The van der Waals surface area contributed by atoms with Crippen molar-refractivity contribution in [3.8, 4) is 0 Å². The molecule has 2 unspecified atom stereocenters. The molecule has 4 rings (SSSR count). The molecular formula is C18H20N2O4. The van der Waals surface area contributed by atoms with Crippen LogP contribution in [0.4, 0.5) is 0 Å². The van der Waals surface area contributed by atoms with Gasteiger partial charge in [-0.2, -0.15) is 0 Å². The first kappa shape index (κ1) is 15.3. The van der Waals surface area contributed by atoms with Gasteiger partial charge in [-0.05, 0) is 19.3 Å². The number of aryl methyl sites for hydroxylation is 3. The fourth-order valence-corrected chi connectivity index (χ4v) is 3.68. The van der Waals surface area contributed by atoms with Gasteiger partial charge in [-0.3, -0.25) is 9.59 Å². The van der Waals surface area contributed by atoms with E-state index < -0.39 is 0 Å². The van der Waals surface area contributed by atoms with Gasteiger partial charge in [0.15, 0.2) is 17.5 Å². The van der Waals surface area contributed by atoms with Crippen molar-refractivity contribution < 1.29 is 18.4 Å². The van der Waals surface area contributed by atoms with Gasteiger partial charge in [0.05, 0.1) is 17.8 Å². The summed E-state index contributed by atoms with van der Waals surface area (Å²) in [6, 6.07) is 0. The number of aromatic nitrogens is 2. The molecule has 6 nitrogen and oxygen atoms in total. The number of carbonyl (C=O) groups excluding carboxylic acids is 2. The zero-order chi connectivity index (χ0) is 16.8. The number of oxazole rings is 2. The van der Waals surface area contributed by atoms with Crippen molar-refractivity contribution in [2.75, 3.05) is 0 Å². The van der Waals surface area contributed by atoms with Gasteiger partial charge in [0, 0.05) is 31.6 Å². The average molecular weight is 328 g/mol. The molecule has 0 radical (unpaired) electrons. The lowest BCUT2D eigenvalue weighted by molar-refractivity contribution is -0.119. The Kier molecular flexibility index (Phi) is 3.62. The van der Waals surface area contributed by atoms with Gasteiger partial charge in [0.25, 0.3) is 0 Å². The van der Waals surface area contributed by atoms with E-state index in [1.165, 1.54) is 0 Å². The molecule has 0 fully saturated rings. The maximum atomic E-state index is 12.6. The summed E-state index contributed by atoms with van der Waals surface area (Å²) >= 11 is 0. The molecule has 0 spiro atoms. The van der Waals surface area contributed by atoms with E-state index in [1.54, 1.807) is 6.92 Å². The molecule has 2 aliphatic carbocycles. The van der Waals surface area contributed by atoms with Crippen molar-refractivity contribution in [3.05, 3.63) is 34.7 Å². The standard InChI is InChI=1S/C18H20N2O4/c1-9(18-20-13-6-4-12(21)8-15(13)24-18)7-11-3-5-14-17(16(11)22)23-10(2)19-14/h9,11H,3-8H2,1-2H3. The lowest BCUT2D eigenvalue weighted by Gasteiger charge is -2.20. The van der Waals surface area contributed by atoms with E-state index in [9.17, 15) is 9.59 Å². The highest BCUT2D eigenvalue weighted by atomic mass is 16.4. The summed E-state index contributed by atoms with van der Waals surface area (Å²) in [5.74, 6) is 2.50. The Morgan fingerprint density at radius 1 is 1.12 bits per heavy atom. The van der Waals surface area contributed by atoms with E-state index in [-0.39, 0.29) is 23.4 Å². The normalized spacial score (nSPS) is 21.5. The number of nitrogens with zero attached hydrogens (tertiary/aromatic N) is 2. The molecule has 2 aromatic heterocycles. The molecule has 0 amide bonds. The summed E-state index contributed by atoms with van der Waals surface area (Å²) in [6.07, 6.45) is 3.77. The highest BCUT2D eigenvalue weighted by Gasteiger charge is 2.34. The van der Waals surface area contributed by atoms with E-state index in [4.69, 9.17) is 8.83 Å². The van der Waals surface area contributed by atoms with Crippen LogP contribution in [-0.4, -0.2) is 21.5 Å². The minimum Gasteiger partial charge on any atom is -0.445 e. The molecule has 2 aromatic rings. The monoisotopic (exact) mass is 328 g/mol. The van der Waals surface area contributed by atoms with Crippen LogP contribution in [0.2, 0.25) is 0 Å². The van der Waals surface area contributed by atoms with Crippen LogP contribution in [0.25, 0.3) is 0 Å². The Bertz CT molecular complexity index is 817. The Hall–Kier alpha value is -2.24. The van der Waals surface area contributed by atoms with Gasteiger partial charge >= 0.3 is 0 Å². The predicted octanol–water partition coefficient (Wildman–Crippen LogP) is 2.97. The van der Waals surface area contributed by atoms with E-state index in [1.807, 2.05) is 6.92 Å². The summed E-state index contributed by atoms with van der Waals surface area (Å²) in [5, 5.41) is 0. The van der Waals surface area contributed by atoms with Crippen LogP contribution < -0.4 is 0 Å². The fraction of sp³-hybridized carbons (Fsp3) is 0.556. The minimum atomic E-state index is -0.0922. The molecule has 6 heteroatoms. The fourth-order valence-electron chi connectivity index (χ4n) is 3.68. The van der Waals surface area contributed by atoms with Crippen LogP contribution in [-0.2, 0) is 24.1 Å². The van der Waals surface area contributed by atoms with Gasteiger partial charge in [-0.15, -0.1) is 0 Å². The maximum Gasteiger partial charge on any atom is 0.203 e. The summed E-state index contributed by atoms with van der Waals surface area (Å²) in [6.45, 7) is 3.79. The second kappa shape index (κ2) is 5.69. The third-order valence-corrected chi connectivity index (χ3v) is 4.98. The van der Waals surface area contributed by atoms with E-state index in [2.05, 4.69) is 9.97 Å². The largest absolute Gasteiger partial charge is 0.445 e. The summed E-state index contributed by atoms with van der Waals surface area (Å²) in [5.41, 5.74) is 1.69. The smallest absolute Gasteiger partial charge is 0.203 e. The van der Waals surface area contributed by atoms with E-state index in [0.717, 1.165) is 24.2 Å². The first-order chi connectivity index (χ1) is 11.5. The first-order valence-electron chi connectivity index (χ1n) is 8.52. The topological polar surface area (TPSA) is 86.2 Å². The van der Waals surface area contributed by atoms with Crippen LogP contribution in [0.5, 0.6) is 0 Å². The van der Waals surface area contributed by atoms with Crippen LogP contribution in [0, 0.1) is 12.8 Å². The van der Waals surface area contributed by atoms with Gasteiger partial charge in [0.2, 0.25) is 5.78 Å². The van der Waals surface area contributed by atoms with Crippen molar-refractivity contribution in [1.29, 1.82) is 0 Å². The molecule has 2 aliphatic rings. The molecule has 0 aliphatic heterocycles. The number of Topliss-reactive ketones (excluding diaryl/α,β-unsaturated/α-hetero) is 2. The average Bonchev–Trinajstić information content (AvgIpc) is 3.13. The third kappa shape index (κ3) is 2.60. The molecular weight excluding hydrogens is 308 g/mol. The number of fused-ring (bicyclic) bond motifs is 2. The van der Waals surface area contributed by atoms with Crippen LogP contribution in [0.1, 0.15) is 71.6 Å². The van der Waals surface area contributed by atoms with Crippen molar-refractivity contribution in [2.24, 2.45) is 5.92 Å². The number of ketones is 2. The molecule has 0 aromatic carbocycles. The molecule has 126 valence electrons. The van der Waals surface area contributed by atoms with Gasteiger partial charge in [0.1, 0.15) is 11.5 Å². The number of rotatable bonds is 3. The lowest BCUT2D eigenvalue weighted by atomic mass is 9.83. The molecule has 2 atom stereocenters. The second-order valence-electron chi connectivity index (χ2n) is 6.88. The number of hydrogen-bond acceptors (Lipinski definition) is 6. The molecule has 2 heterocycles. The molecule has 0 saturated carbocycles. The molecule has 0 saturated heterocycles. The predicted molar refractivity (Wildman–Crippen MR) is 83.9 cm³/mol. The maximum absolute atomic E-state index is 12.6. The molecule has 0 bridgehead atoms. The Morgan fingerprint density at radius 2 is 1.96 bits per heavy atom. The van der Waals surface area contributed by atoms with Crippen molar-refractivity contribution >= 4 is 11.6 Å². The van der Waals surface area contributed by atoms with E-state index in [0.29, 0.717) is 49.0 Å². The van der Waals surface area contributed by atoms with Gasteiger partial charge < -0.3 is 8.83 Å². The van der Waals surface area contributed by atoms with Gasteiger partial charge in [-0.25, -0.2) is 9.97 Å². The van der Waals surface area contributed by atoms with Crippen LogP contribution in [0.15, 0.2) is 8.83 Å². The lowest BCUT2D eigenvalue weighted by Crippen LogP contribution is -2.23. The highest BCUT2D eigenvalue weighted by molar-refractivity contribution is 5.97. The van der Waals surface area contributed by atoms with Crippen LogP contribution >= 0.6 is 0 Å². The van der Waals surface area contributed by atoms with E-state index >= 15 is 0 Å². The SMILES string of the molecule is Cc1nc2c(o1)C(=O)C(CC(C)c1nc3c(o1)CC(=O)CC3)CC2. The quantitative estimate of drug-likeness (QED) is 0.861. The summed E-state index contributed by atoms with van der Waals surface area (Å²) in [4.78, 5) is 33.0. The molecule has 24 heavy (non-hydrogen) atoms. The third-order valence-electron chi connectivity index (χ3n) is 4.98. The first-order valence-corrected chi connectivity index (χ1v) is 8.52. The Balaban J connectivity index is 1.50. The zero-order valence-electron chi connectivity index (χ0n) is 13.9. The Morgan fingerprint density at radius 3 is 2.79 bits per heavy atom. The van der Waals surface area contributed by atoms with Crippen molar-refractivity contribution in [3.63, 3.8) is 0 Å². The Labute approximate surface area is 139 Å². The van der Waals surface area contributed by atoms with Gasteiger partial charge in [-0.1, -0.05) is 6.92 Å². The number of hydrogen-bond donors (Lipinski definition) is 0. The summed E-state index contributed by atoms with van der Waals surface area (Å²) < 4.78 is 11.3. The number of carbonyl (C=O) groups is 2. The molecule has 0 N–H and O–H groups in total. The summed E-state index contributed by atoms with van der Waals surface area (Å²) in [7, 11) is 0. The zero-order valence-corrected chi connectivity index (χ0v) is 13.9.